The van der Waals surface area contributed by atoms with Gasteiger partial charge in [-0.25, -0.2) is 4.98 Å². The highest BCUT2D eigenvalue weighted by molar-refractivity contribution is 5.96. The van der Waals surface area contributed by atoms with Crippen LogP contribution in [0.1, 0.15) is 28.2 Å². The molecule has 0 bridgehead atoms. The Morgan fingerprint density at radius 3 is 2.87 bits per heavy atom. The highest BCUT2D eigenvalue weighted by Gasteiger charge is 2.10. The Balaban J connectivity index is 1.52. The molecule has 0 radical (unpaired) electrons. The molecule has 1 heterocycles. The van der Waals surface area contributed by atoms with Crippen LogP contribution in [0.2, 0.25) is 0 Å². The minimum absolute atomic E-state index is 0.0137. The van der Waals surface area contributed by atoms with E-state index >= 15 is 0 Å². The molecule has 118 valence electrons. The van der Waals surface area contributed by atoms with E-state index in [1.54, 1.807) is 12.1 Å². The van der Waals surface area contributed by atoms with E-state index in [0.717, 1.165) is 35.3 Å². The molecular weight excluding hydrogens is 290 g/mol. The molecule has 0 unspecified atom stereocenters. The first-order valence-corrected chi connectivity index (χ1v) is 7.65. The van der Waals surface area contributed by atoms with E-state index in [1.165, 1.54) is 0 Å². The molecule has 3 aromatic rings. The van der Waals surface area contributed by atoms with Crippen molar-refractivity contribution >= 4 is 16.9 Å². The van der Waals surface area contributed by atoms with Crippen LogP contribution in [-0.4, -0.2) is 27.5 Å². The standard InChI is InChI=1S/C18H19N3O2/c1-12-8-9-13(16(22)11-12)18(23)19-10-4-7-17-20-14-5-2-3-6-15(14)21-17/h2-3,5-6,8-9,11,22H,4,7,10H2,1H3,(H,19,23)(H,20,21). The zero-order chi connectivity index (χ0) is 16.2. The number of nitrogens with zero attached hydrogens (tertiary/aromatic N) is 1. The average molecular weight is 309 g/mol. The van der Waals surface area contributed by atoms with Crippen LogP contribution in [0.3, 0.4) is 0 Å². The van der Waals surface area contributed by atoms with E-state index in [9.17, 15) is 9.90 Å². The quantitative estimate of drug-likeness (QED) is 0.634. The average Bonchev–Trinajstić information content (AvgIpc) is 2.94. The van der Waals surface area contributed by atoms with Crippen LogP contribution in [0, 0.1) is 6.92 Å². The van der Waals surface area contributed by atoms with Crippen molar-refractivity contribution in [2.75, 3.05) is 6.54 Å². The summed E-state index contributed by atoms with van der Waals surface area (Å²) in [5.41, 5.74) is 3.20. The molecule has 1 amide bonds. The zero-order valence-electron chi connectivity index (χ0n) is 13.0. The predicted octanol–water partition coefficient (Wildman–Crippen LogP) is 2.94. The van der Waals surface area contributed by atoms with Gasteiger partial charge in [-0.3, -0.25) is 4.79 Å². The Labute approximate surface area is 134 Å². The van der Waals surface area contributed by atoms with Gasteiger partial charge in [0.05, 0.1) is 16.6 Å². The van der Waals surface area contributed by atoms with Gasteiger partial charge in [-0.15, -0.1) is 0 Å². The summed E-state index contributed by atoms with van der Waals surface area (Å²) in [5, 5.41) is 12.6. The lowest BCUT2D eigenvalue weighted by Gasteiger charge is -2.07. The molecule has 5 heteroatoms. The lowest BCUT2D eigenvalue weighted by atomic mass is 10.1. The first-order valence-electron chi connectivity index (χ1n) is 7.65. The molecule has 23 heavy (non-hydrogen) atoms. The molecule has 5 nitrogen and oxygen atoms in total. The van der Waals surface area contributed by atoms with Gasteiger partial charge in [0, 0.05) is 13.0 Å². The predicted molar refractivity (Wildman–Crippen MR) is 89.6 cm³/mol. The Hall–Kier alpha value is -2.82. The highest BCUT2D eigenvalue weighted by atomic mass is 16.3. The second-order valence-corrected chi connectivity index (χ2v) is 5.58. The van der Waals surface area contributed by atoms with E-state index < -0.39 is 0 Å². The van der Waals surface area contributed by atoms with Gasteiger partial charge in [0.25, 0.3) is 5.91 Å². The largest absolute Gasteiger partial charge is 0.507 e. The van der Waals surface area contributed by atoms with Crippen molar-refractivity contribution in [3.05, 3.63) is 59.4 Å². The summed E-state index contributed by atoms with van der Waals surface area (Å²) in [4.78, 5) is 19.8. The van der Waals surface area contributed by atoms with Gasteiger partial charge in [-0.2, -0.15) is 0 Å². The fourth-order valence-corrected chi connectivity index (χ4v) is 2.51. The second-order valence-electron chi connectivity index (χ2n) is 5.58. The molecule has 0 saturated carbocycles. The number of hydrogen-bond acceptors (Lipinski definition) is 3. The number of amides is 1. The summed E-state index contributed by atoms with van der Waals surface area (Å²) in [6.07, 6.45) is 1.53. The molecule has 1 aromatic heterocycles. The number of imidazole rings is 1. The number of para-hydroxylation sites is 2. The SMILES string of the molecule is Cc1ccc(C(=O)NCCCc2nc3ccccc3[nH]2)c(O)c1. The number of nitrogens with one attached hydrogen (secondary N) is 2. The van der Waals surface area contributed by atoms with Crippen LogP contribution in [0.25, 0.3) is 11.0 Å². The summed E-state index contributed by atoms with van der Waals surface area (Å²) in [5.74, 6) is 0.672. The molecule has 0 spiro atoms. The number of rotatable bonds is 5. The van der Waals surface area contributed by atoms with Crippen LogP contribution in [-0.2, 0) is 6.42 Å². The Kier molecular flexibility index (Phi) is 4.28. The minimum atomic E-state index is -0.257. The van der Waals surface area contributed by atoms with Crippen LogP contribution < -0.4 is 5.32 Å². The Bertz CT molecular complexity index is 806. The molecule has 3 N–H and O–H groups in total. The molecule has 0 aliphatic carbocycles. The van der Waals surface area contributed by atoms with Crippen molar-refractivity contribution in [3.8, 4) is 5.75 Å². The minimum Gasteiger partial charge on any atom is -0.507 e. The number of fused-ring (bicyclic) bond motifs is 1. The monoisotopic (exact) mass is 309 g/mol. The van der Waals surface area contributed by atoms with Crippen molar-refractivity contribution in [2.45, 2.75) is 19.8 Å². The molecular formula is C18H19N3O2. The fraction of sp³-hybridized carbons (Fsp3) is 0.222. The number of H-pyrrole nitrogens is 1. The van der Waals surface area contributed by atoms with Gasteiger partial charge in [0.2, 0.25) is 0 Å². The van der Waals surface area contributed by atoms with E-state index in [4.69, 9.17) is 0 Å². The fourth-order valence-electron chi connectivity index (χ4n) is 2.51. The molecule has 3 rings (SSSR count). The molecule has 0 fully saturated rings. The summed E-state index contributed by atoms with van der Waals surface area (Å²) in [6, 6.07) is 12.9. The smallest absolute Gasteiger partial charge is 0.255 e. The molecule has 2 aromatic carbocycles. The van der Waals surface area contributed by atoms with Crippen LogP contribution in [0.15, 0.2) is 42.5 Å². The van der Waals surface area contributed by atoms with Gasteiger partial charge < -0.3 is 15.4 Å². The van der Waals surface area contributed by atoms with Gasteiger partial charge in [-0.05, 0) is 43.2 Å². The second kappa shape index (κ2) is 6.52. The van der Waals surface area contributed by atoms with Gasteiger partial charge in [0.1, 0.15) is 11.6 Å². The molecule has 0 aliphatic rings. The Morgan fingerprint density at radius 1 is 1.26 bits per heavy atom. The van der Waals surface area contributed by atoms with Gasteiger partial charge in [-0.1, -0.05) is 18.2 Å². The van der Waals surface area contributed by atoms with Crippen molar-refractivity contribution in [3.63, 3.8) is 0 Å². The molecule has 0 atom stereocenters. The van der Waals surface area contributed by atoms with E-state index in [1.807, 2.05) is 37.3 Å². The van der Waals surface area contributed by atoms with Crippen molar-refractivity contribution in [2.24, 2.45) is 0 Å². The number of carbonyl (C=O) groups excluding carboxylic acids is 1. The van der Waals surface area contributed by atoms with Crippen LogP contribution in [0.5, 0.6) is 5.75 Å². The molecule has 0 aliphatic heterocycles. The highest BCUT2D eigenvalue weighted by Crippen LogP contribution is 2.18. The number of hydrogen-bond donors (Lipinski definition) is 3. The van der Waals surface area contributed by atoms with Crippen LogP contribution in [0.4, 0.5) is 0 Å². The third kappa shape index (κ3) is 3.51. The number of carbonyl (C=O) groups is 1. The molecule has 0 saturated heterocycles. The first kappa shape index (κ1) is 15.1. The zero-order valence-corrected chi connectivity index (χ0v) is 13.0. The van der Waals surface area contributed by atoms with Gasteiger partial charge in [0.15, 0.2) is 0 Å². The maximum absolute atomic E-state index is 12.0. The lowest BCUT2D eigenvalue weighted by molar-refractivity contribution is 0.0950. The number of aromatic nitrogens is 2. The number of aromatic amines is 1. The maximum Gasteiger partial charge on any atom is 0.255 e. The lowest BCUT2D eigenvalue weighted by Crippen LogP contribution is -2.24. The summed E-state index contributed by atoms with van der Waals surface area (Å²) in [7, 11) is 0. The number of phenolic OH excluding ortho intramolecular Hbond substituents is 1. The van der Waals surface area contributed by atoms with Crippen molar-refractivity contribution in [1.82, 2.24) is 15.3 Å². The van der Waals surface area contributed by atoms with E-state index in [2.05, 4.69) is 15.3 Å². The van der Waals surface area contributed by atoms with E-state index in [0.29, 0.717) is 12.1 Å². The third-order valence-corrected chi connectivity index (χ3v) is 3.71. The topological polar surface area (TPSA) is 78.0 Å². The summed E-state index contributed by atoms with van der Waals surface area (Å²) in [6.45, 7) is 2.40. The number of aryl methyl sites for hydroxylation is 2. The number of aromatic hydroxyl groups is 1. The van der Waals surface area contributed by atoms with E-state index in [-0.39, 0.29) is 11.7 Å². The normalized spacial score (nSPS) is 10.8. The first-order chi connectivity index (χ1) is 11.1. The van der Waals surface area contributed by atoms with Crippen LogP contribution >= 0.6 is 0 Å². The number of phenols is 1. The van der Waals surface area contributed by atoms with Crippen molar-refractivity contribution < 1.29 is 9.90 Å². The summed E-state index contributed by atoms with van der Waals surface area (Å²) >= 11 is 0. The summed E-state index contributed by atoms with van der Waals surface area (Å²) < 4.78 is 0. The Morgan fingerprint density at radius 2 is 2.09 bits per heavy atom. The van der Waals surface area contributed by atoms with Crippen molar-refractivity contribution in [1.29, 1.82) is 0 Å². The van der Waals surface area contributed by atoms with Gasteiger partial charge >= 0.3 is 0 Å². The maximum atomic E-state index is 12.0. The number of benzene rings is 2. The third-order valence-electron chi connectivity index (χ3n) is 3.71.